The molecule has 0 radical (unpaired) electrons. The Kier molecular flexibility index (Phi) is 8.55. The van der Waals surface area contributed by atoms with E-state index in [1.54, 1.807) is 0 Å². The molecule has 7 nitrogen and oxygen atoms in total. The normalized spacial score (nSPS) is 25.7. The Morgan fingerprint density at radius 3 is 2.62 bits per heavy atom. The van der Waals surface area contributed by atoms with Crippen LogP contribution in [0.1, 0.15) is 31.2 Å². The molecular formula is C21H33IN4O3. The highest BCUT2D eigenvalue weighted by Gasteiger charge is 2.42. The number of rotatable bonds is 5. The van der Waals surface area contributed by atoms with Crippen LogP contribution in [0.15, 0.2) is 35.3 Å². The highest BCUT2D eigenvalue weighted by atomic mass is 127. The summed E-state index contributed by atoms with van der Waals surface area (Å²) in [7, 11) is 0. The quantitative estimate of drug-likeness (QED) is 0.355. The number of benzene rings is 1. The first-order valence-electron chi connectivity index (χ1n) is 10.4. The average Bonchev–Trinajstić information content (AvgIpc) is 3.11. The number of likely N-dealkylation sites (tertiary alicyclic amines) is 1. The van der Waals surface area contributed by atoms with Crippen molar-refractivity contribution in [3.63, 3.8) is 0 Å². The van der Waals surface area contributed by atoms with Gasteiger partial charge in [-0.3, -0.25) is 9.89 Å². The van der Waals surface area contributed by atoms with Crippen LogP contribution in [0.2, 0.25) is 0 Å². The first-order valence-corrected chi connectivity index (χ1v) is 10.4. The number of halogens is 1. The van der Waals surface area contributed by atoms with Gasteiger partial charge in [0, 0.05) is 38.5 Å². The average molecular weight is 516 g/mol. The summed E-state index contributed by atoms with van der Waals surface area (Å²) in [5.41, 5.74) is 7.49. The van der Waals surface area contributed by atoms with Gasteiger partial charge in [-0.15, -0.1) is 24.0 Å². The van der Waals surface area contributed by atoms with Crippen molar-refractivity contribution in [2.75, 3.05) is 39.5 Å². The number of hydrogen-bond acceptors (Lipinski definition) is 5. The summed E-state index contributed by atoms with van der Waals surface area (Å²) in [4.78, 5) is 7.00. The van der Waals surface area contributed by atoms with Gasteiger partial charge in [-0.1, -0.05) is 30.3 Å². The van der Waals surface area contributed by atoms with Crippen LogP contribution in [0, 0.1) is 0 Å². The van der Waals surface area contributed by atoms with Gasteiger partial charge in [0.15, 0.2) is 11.7 Å². The fraction of sp³-hybridized carbons (Fsp3) is 0.667. The number of nitrogens with two attached hydrogens (primary N) is 1. The van der Waals surface area contributed by atoms with Crippen molar-refractivity contribution in [2.45, 2.75) is 50.2 Å². The molecule has 1 spiro atoms. The van der Waals surface area contributed by atoms with Crippen molar-refractivity contribution in [3.05, 3.63) is 35.9 Å². The third-order valence-electron chi connectivity index (χ3n) is 5.82. The fourth-order valence-electron chi connectivity index (χ4n) is 4.18. The molecule has 4 rings (SSSR count). The molecule has 0 aliphatic carbocycles. The van der Waals surface area contributed by atoms with Gasteiger partial charge < -0.3 is 25.3 Å². The van der Waals surface area contributed by atoms with Crippen molar-refractivity contribution in [3.8, 4) is 0 Å². The maximum atomic E-state index is 6.12. The van der Waals surface area contributed by atoms with E-state index in [0.717, 1.165) is 45.3 Å². The third kappa shape index (κ3) is 6.52. The number of nitrogens with one attached hydrogen (secondary N) is 1. The smallest absolute Gasteiger partial charge is 0.188 e. The highest BCUT2D eigenvalue weighted by molar-refractivity contribution is 14.0. The highest BCUT2D eigenvalue weighted by Crippen LogP contribution is 2.33. The van der Waals surface area contributed by atoms with Crippen molar-refractivity contribution in [1.29, 1.82) is 0 Å². The van der Waals surface area contributed by atoms with E-state index in [4.69, 9.17) is 19.9 Å². The molecule has 29 heavy (non-hydrogen) atoms. The van der Waals surface area contributed by atoms with Gasteiger partial charge in [0.05, 0.1) is 26.4 Å². The van der Waals surface area contributed by atoms with E-state index < -0.39 is 5.79 Å². The number of ether oxygens (including phenoxy) is 3. The van der Waals surface area contributed by atoms with Crippen LogP contribution in [0.3, 0.4) is 0 Å². The summed E-state index contributed by atoms with van der Waals surface area (Å²) in [6.45, 7) is 5.67. The summed E-state index contributed by atoms with van der Waals surface area (Å²) >= 11 is 0. The van der Waals surface area contributed by atoms with Crippen molar-refractivity contribution < 1.29 is 14.2 Å². The van der Waals surface area contributed by atoms with Crippen LogP contribution >= 0.6 is 24.0 Å². The summed E-state index contributed by atoms with van der Waals surface area (Å²) in [5.74, 6) is 0.0599. The minimum absolute atomic E-state index is 0. The van der Waals surface area contributed by atoms with E-state index in [2.05, 4.69) is 45.5 Å². The van der Waals surface area contributed by atoms with Crippen molar-refractivity contribution in [2.24, 2.45) is 10.7 Å². The maximum Gasteiger partial charge on any atom is 0.188 e. The summed E-state index contributed by atoms with van der Waals surface area (Å²) in [5, 5.41) is 3.38. The second-order valence-corrected chi connectivity index (χ2v) is 7.98. The van der Waals surface area contributed by atoms with Crippen LogP contribution in [0.4, 0.5) is 0 Å². The van der Waals surface area contributed by atoms with Gasteiger partial charge in [0.25, 0.3) is 0 Å². The molecule has 1 unspecified atom stereocenters. The summed E-state index contributed by atoms with van der Waals surface area (Å²) < 4.78 is 17.4. The predicted molar refractivity (Wildman–Crippen MR) is 123 cm³/mol. The zero-order valence-corrected chi connectivity index (χ0v) is 19.3. The molecular weight excluding hydrogens is 483 g/mol. The molecule has 0 aromatic heterocycles. The van der Waals surface area contributed by atoms with Crippen LogP contribution < -0.4 is 11.1 Å². The lowest BCUT2D eigenvalue weighted by Crippen LogP contribution is -2.47. The molecule has 3 N–H and O–H groups in total. The molecule has 0 bridgehead atoms. The number of hydrogen-bond donors (Lipinski definition) is 2. The van der Waals surface area contributed by atoms with E-state index in [1.165, 1.54) is 5.56 Å². The van der Waals surface area contributed by atoms with E-state index in [9.17, 15) is 0 Å². The molecule has 8 heteroatoms. The molecule has 162 valence electrons. The zero-order valence-electron chi connectivity index (χ0n) is 16.9. The molecule has 1 atom stereocenters. The molecule has 3 fully saturated rings. The van der Waals surface area contributed by atoms with Crippen LogP contribution in [0.5, 0.6) is 0 Å². The lowest BCUT2D eigenvalue weighted by atomic mass is 10.0. The van der Waals surface area contributed by atoms with Gasteiger partial charge in [0.1, 0.15) is 6.10 Å². The monoisotopic (exact) mass is 516 g/mol. The molecule has 3 saturated heterocycles. The largest absolute Gasteiger partial charge is 0.381 e. The molecule has 1 aromatic carbocycles. The predicted octanol–water partition coefficient (Wildman–Crippen LogP) is 2.10. The Bertz CT molecular complexity index is 647. The van der Waals surface area contributed by atoms with Crippen LogP contribution in [-0.2, 0) is 20.8 Å². The third-order valence-corrected chi connectivity index (χ3v) is 5.82. The Morgan fingerprint density at radius 1 is 1.17 bits per heavy atom. The number of aliphatic imine (C=N–C) groups is 1. The van der Waals surface area contributed by atoms with E-state index >= 15 is 0 Å². The molecule has 0 saturated carbocycles. The first kappa shape index (κ1) is 22.7. The number of piperidine rings is 1. The molecule has 3 heterocycles. The zero-order chi connectivity index (χ0) is 19.2. The van der Waals surface area contributed by atoms with Crippen molar-refractivity contribution >= 4 is 29.9 Å². The van der Waals surface area contributed by atoms with Gasteiger partial charge in [-0.2, -0.15) is 0 Å². The summed E-state index contributed by atoms with van der Waals surface area (Å²) in [6, 6.07) is 11.0. The number of nitrogens with zero attached hydrogens (tertiary/aromatic N) is 2. The molecule has 3 aliphatic rings. The minimum Gasteiger partial charge on any atom is -0.381 e. The Balaban J connectivity index is 0.00000240. The molecule has 3 aliphatic heterocycles. The van der Waals surface area contributed by atoms with E-state index in [1.807, 2.05) is 0 Å². The van der Waals surface area contributed by atoms with E-state index in [-0.39, 0.29) is 30.1 Å². The standard InChI is InChI=1S/C21H32N4O3.HI/c22-20(23-14-19-16-27-21(28-19)8-12-26-13-9-21)24-18-6-10-25(11-7-18)15-17-4-2-1-3-5-17;/h1-5,18-19H,6-16H2,(H3,22,23,24);1H. The number of guanidine groups is 1. The van der Waals surface area contributed by atoms with Gasteiger partial charge in [-0.05, 0) is 18.4 Å². The van der Waals surface area contributed by atoms with E-state index in [0.29, 0.717) is 38.4 Å². The minimum atomic E-state index is -0.452. The van der Waals surface area contributed by atoms with Crippen LogP contribution in [-0.4, -0.2) is 68.2 Å². The summed E-state index contributed by atoms with van der Waals surface area (Å²) in [6.07, 6.45) is 3.72. The SMILES string of the molecule is I.NC(=NCC1COC2(CCOCC2)O1)NC1CCN(Cc2ccccc2)CC1. The van der Waals surface area contributed by atoms with Crippen LogP contribution in [0.25, 0.3) is 0 Å². The maximum absolute atomic E-state index is 6.12. The Labute approximate surface area is 190 Å². The fourth-order valence-corrected chi connectivity index (χ4v) is 4.18. The second kappa shape index (κ2) is 10.9. The molecule has 1 aromatic rings. The van der Waals surface area contributed by atoms with Gasteiger partial charge in [-0.25, -0.2) is 0 Å². The lowest BCUT2D eigenvalue weighted by Gasteiger charge is -2.32. The first-order chi connectivity index (χ1) is 13.7. The topological polar surface area (TPSA) is 81.3 Å². The molecule has 0 amide bonds. The lowest BCUT2D eigenvalue weighted by molar-refractivity contribution is -0.210. The second-order valence-electron chi connectivity index (χ2n) is 7.98. The van der Waals surface area contributed by atoms with Crippen molar-refractivity contribution in [1.82, 2.24) is 10.2 Å². The van der Waals surface area contributed by atoms with Gasteiger partial charge >= 0.3 is 0 Å². The Morgan fingerprint density at radius 2 is 1.90 bits per heavy atom. The Hall–Kier alpha value is -0.940. The van der Waals surface area contributed by atoms with Gasteiger partial charge in [0.2, 0.25) is 0 Å².